The van der Waals surface area contributed by atoms with E-state index in [1.165, 1.54) is 6.07 Å². The largest absolute Gasteiger partial charge is 0.327 e. The van der Waals surface area contributed by atoms with Gasteiger partial charge in [-0.25, -0.2) is 4.39 Å². The fourth-order valence-electron chi connectivity index (χ4n) is 1.30. The highest BCUT2D eigenvalue weighted by Crippen LogP contribution is 2.16. The van der Waals surface area contributed by atoms with Crippen molar-refractivity contribution in [3.63, 3.8) is 0 Å². The summed E-state index contributed by atoms with van der Waals surface area (Å²) in [4.78, 5) is 0. The van der Waals surface area contributed by atoms with E-state index in [1.54, 1.807) is 23.9 Å². The molecule has 1 nitrogen and oxygen atoms in total. The fraction of sp³-hybridized carbons (Fsp3) is 0.455. The van der Waals surface area contributed by atoms with Gasteiger partial charge in [-0.05, 0) is 29.9 Å². The molecule has 1 aromatic carbocycles. The first-order valence-corrected chi connectivity index (χ1v) is 6.44. The molecule has 1 aromatic rings. The third-order valence-electron chi connectivity index (χ3n) is 2.03. The Kier molecular flexibility index (Phi) is 5.43. The van der Waals surface area contributed by atoms with Crippen LogP contribution in [-0.4, -0.2) is 17.5 Å². The smallest absolute Gasteiger partial charge is 0.127 e. The maximum atomic E-state index is 13.4. The van der Waals surface area contributed by atoms with Gasteiger partial charge in [0.05, 0.1) is 0 Å². The van der Waals surface area contributed by atoms with Gasteiger partial charge in [0.2, 0.25) is 0 Å². The Morgan fingerprint density at radius 3 is 2.87 bits per heavy atom. The molecule has 0 aliphatic carbocycles. The summed E-state index contributed by atoms with van der Waals surface area (Å²) in [5.41, 5.74) is 6.52. The Morgan fingerprint density at radius 2 is 2.27 bits per heavy atom. The van der Waals surface area contributed by atoms with E-state index in [0.717, 1.165) is 11.5 Å². The molecular formula is C11H15ClFNS. The van der Waals surface area contributed by atoms with Crippen LogP contribution in [0.25, 0.3) is 0 Å². The Morgan fingerprint density at radius 1 is 1.53 bits per heavy atom. The highest BCUT2D eigenvalue weighted by Gasteiger charge is 2.08. The van der Waals surface area contributed by atoms with E-state index in [2.05, 4.69) is 6.92 Å². The summed E-state index contributed by atoms with van der Waals surface area (Å²) in [6, 6.07) is 4.73. The van der Waals surface area contributed by atoms with Crippen LogP contribution in [0.15, 0.2) is 18.2 Å². The summed E-state index contributed by atoms with van der Waals surface area (Å²) < 4.78 is 13.4. The molecular weight excluding hydrogens is 233 g/mol. The Hall–Kier alpha value is -0.250. The van der Waals surface area contributed by atoms with Crippen molar-refractivity contribution in [2.45, 2.75) is 19.4 Å². The number of nitrogens with two attached hydrogens (primary N) is 1. The van der Waals surface area contributed by atoms with Crippen LogP contribution < -0.4 is 5.73 Å². The van der Waals surface area contributed by atoms with Gasteiger partial charge in [0, 0.05) is 16.8 Å². The molecule has 0 fully saturated rings. The zero-order valence-corrected chi connectivity index (χ0v) is 10.2. The molecule has 0 radical (unpaired) electrons. The number of halogens is 2. The van der Waals surface area contributed by atoms with E-state index in [-0.39, 0.29) is 11.9 Å². The quantitative estimate of drug-likeness (QED) is 0.865. The van der Waals surface area contributed by atoms with E-state index in [1.807, 2.05) is 0 Å². The van der Waals surface area contributed by atoms with Crippen molar-refractivity contribution in [1.29, 1.82) is 0 Å². The van der Waals surface area contributed by atoms with Crippen molar-refractivity contribution < 1.29 is 4.39 Å². The van der Waals surface area contributed by atoms with Gasteiger partial charge in [-0.3, -0.25) is 0 Å². The number of hydrogen-bond acceptors (Lipinski definition) is 2. The zero-order valence-electron chi connectivity index (χ0n) is 8.67. The summed E-state index contributed by atoms with van der Waals surface area (Å²) in [5, 5.41) is 0.424. The lowest BCUT2D eigenvalue weighted by Crippen LogP contribution is -2.26. The molecule has 0 amide bonds. The van der Waals surface area contributed by atoms with Crippen molar-refractivity contribution in [2.24, 2.45) is 5.73 Å². The van der Waals surface area contributed by atoms with Crippen molar-refractivity contribution in [1.82, 2.24) is 0 Å². The van der Waals surface area contributed by atoms with Crippen LogP contribution in [0.3, 0.4) is 0 Å². The minimum atomic E-state index is -0.264. The third-order valence-corrected chi connectivity index (χ3v) is 3.34. The lowest BCUT2D eigenvalue weighted by Gasteiger charge is -2.11. The average molecular weight is 248 g/mol. The standard InChI is InChI=1S/C11H15ClFNS/c1-2-15-7-10(14)5-8-3-4-9(12)6-11(8)13/h3-4,6,10H,2,5,7,14H2,1H3. The van der Waals surface area contributed by atoms with E-state index >= 15 is 0 Å². The molecule has 1 unspecified atom stereocenters. The molecule has 0 saturated heterocycles. The number of thioether (sulfide) groups is 1. The first-order valence-electron chi connectivity index (χ1n) is 4.90. The lowest BCUT2D eigenvalue weighted by atomic mass is 10.1. The first-order chi connectivity index (χ1) is 7.13. The summed E-state index contributed by atoms with van der Waals surface area (Å²) in [5.74, 6) is 1.63. The van der Waals surface area contributed by atoms with Crippen molar-refractivity contribution in [3.05, 3.63) is 34.6 Å². The van der Waals surface area contributed by atoms with Crippen LogP contribution in [0.5, 0.6) is 0 Å². The Labute approximate surface area is 99.2 Å². The molecule has 0 heterocycles. The number of benzene rings is 1. The van der Waals surface area contributed by atoms with E-state index < -0.39 is 0 Å². The number of hydrogen-bond donors (Lipinski definition) is 1. The topological polar surface area (TPSA) is 26.0 Å². The second-order valence-corrected chi connectivity index (χ2v) is 5.11. The summed E-state index contributed by atoms with van der Waals surface area (Å²) in [6.45, 7) is 2.08. The van der Waals surface area contributed by atoms with Crippen LogP contribution in [0, 0.1) is 5.82 Å². The second-order valence-electron chi connectivity index (χ2n) is 3.36. The molecule has 0 aliphatic heterocycles. The normalized spacial score (nSPS) is 12.8. The highest BCUT2D eigenvalue weighted by molar-refractivity contribution is 7.99. The monoisotopic (exact) mass is 247 g/mol. The van der Waals surface area contributed by atoms with Crippen molar-refractivity contribution in [2.75, 3.05) is 11.5 Å². The zero-order chi connectivity index (χ0) is 11.3. The second kappa shape index (κ2) is 6.36. The molecule has 1 rings (SSSR count). The van der Waals surface area contributed by atoms with Crippen LogP contribution in [0.1, 0.15) is 12.5 Å². The predicted octanol–water partition coefficient (Wildman–Crippen LogP) is 3.10. The maximum Gasteiger partial charge on any atom is 0.127 e. The summed E-state index contributed by atoms with van der Waals surface area (Å²) in [7, 11) is 0. The van der Waals surface area contributed by atoms with E-state index in [4.69, 9.17) is 17.3 Å². The molecule has 0 aromatic heterocycles. The fourth-order valence-corrected chi connectivity index (χ4v) is 2.11. The van der Waals surface area contributed by atoms with Gasteiger partial charge in [0.25, 0.3) is 0 Å². The summed E-state index contributed by atoms with van der Waals surface area (Å²) in [6.07, 6.45) is 0.565. The molecule has 0 saturated carbocycles. The van der Waals surface area contributed by atoms with Gasteiger partial charge in [0.15, 0.2) is 0 Å². The SMILES string of the molecule is CCSCC(N)Cc1ccc(Cl)cc1F. The molecule has 0 spiro atoms. The highest BCUT2D eigenvalue weighted by atomic mass is 35.5. The van der Waals surface area contributed by atoms with Gasteiger partial charge in [-0.1, -0.05) is 24.6 Å². The molecule has 15 heavy (non-hydrogen) atoms. The third kappa shape index (κ3) is 4.41. The van der Waals surface area contributed by atoms with Crippen LogP contribution in [0.4, 0.5) is 4.39 Å². The minimum absolute atomic E-state index is 0.00521. The van der Waals surface area contributed by atoms with E-state index in [9.17, 15) is 4.39 Å². The molecule has 0 aliphatic rings. The minimum Gasteiger partial charge on any atom is -0.327 e. The van der Waals surface area contributed by atoms with Crippen LogP contribution >= 0.6 is 23.4 Å². The van der Waals surface area contributed by atoms with Gasteiger partial charge in [-0.2, -0.15) is 11.8 Å². The lowest BCUT2D eigenvalue weighted by molar-refractivity contribution is 0.597. The van der Waals surface area contributed by atoms with Gasteiger partial charge >= 0.3 is 0 Å². The van der Waals surface area contributed by atoms with Gasteiger partial charge < -0.3 is 5.73 Å². The molecule has 1 atom stereocenters. The molecule has 4 heteroatoms. The maximum absolute atomic E-state index is 13.4. The van der Waals surface area contributed by atoms with Gasteiger partial charge in [0.1, 0.15) is 5.82 Å². The van der Waals surface area contributed by atoms with Crippen molar-refractivity contribution in [3.8, 4) is 0 Å². The van der Waals surface area contributed by atoms with Crippen LogP contribution in [-0.2, 0) is 6.42 Å². The molecule has 0 bridgehead atoms. The van der Waals surface area contributed by atoms with Crippen molar-refractivity contribution >= 4 is 23.4 Å². The summed E-state index contributed by atoms with van der Waals surface area (Å²) >= 11 is 7.43. The van der Waals surface area contributed by atoms with Gasteiger partial charge in [-0.15, -0.1) is 0 Å². The Balaban J connectivity index is 2.56. The first kappa shape index (κ1) is 12.8. The van der Waals surface area contributed by atoms with Crippen LogP contribution in [0.2, 0.25) is 5.02 Å². The molecule has 2 N–H and O–H groups in total. The van der Waals surface area contributed by atoms with E-state index in [0.29, 0.717) is 17.0 Å². The average Bonchev–Trinajstić information content (AvgIpc) is 2.19. The number of rotatable bonds is 5. The molecule has 84 valence electrons. The predicted molar refractivity (Wildman–Crippen MR) is 66.1 cm³/mol. The Bertz CT molecular complexity index is 319.